The Morgan fingerprint density at radius 3 is 2.00 bits per heavy atom. The van der Waals surface area contributed by atoms with Crippen molar-refractivity contribution < 1.29 is 9.84 Å². The molecule has 1 saturated heterocycles. The van der Waals surface area contributed by atoms with Gasteiger partial charge in [-0.3, -0.25) is 0 Å². The largest absolute Gasteiger partial charge is 0.400 e. The van der Waals surface area contributed by atoms with Gasteiger partial charge in [-0.2, -0.15) is 0 Å². The van der Waals surface area contributed by atoms with Crippen molar-refractivity contribution in [2.24, 2.45) is 0 Å². The molecule has 1 aliphatic heterocycles. The molecule has 14 heavy (non-hydrogen) atoms. The quantitative estimate of drug-likeness (QED) is 0.484. The summed E-state index contributed by atoms with van der Waals surface area (Å²) in [7, 11) is 1.00. The number of unbranched alkanes of at least 4 members (excludes halogenated alkanes) is 6. The van der Waals surface area contributed by atoms with E-state index in [-0.39, 0.29) is 0 Å². The van der Waals surface area contributed by atoms with Gasteiger partial charge in [0.25, 0.3) is 0 Å². The van der Waals surface area contributed by atoms with E-state index in [1.54, 1.807) is 0 Å². The van der Waals surface area contributed by atoms with E-state index in [1.807, 2.05) is 0 Å². The van der Waals surface area contributed by atoms with Gasteiger partial charge in [-0.15, -0.1) is 0 Å². The van der Waals surface area contributed by atoms with Gasteiger partial charge in [-0.05, 0) is 6.42 Å². The standard InChI is InChI=1S/C11H22O.CH4O/c1-2-3-4-5-6-7-8-9-11-10-12-11;1-2/h11H,2-10H2,1H3;2H,1H3/t11-;/m1./s1. The molecule has 0 radical (unpaired) electrons. The fourth-order valence-corrected chi connectivity index (χ4v) is 1.56. The molecular weight excluding hydrogens is 176 g/mol. The third-order valence-electron chi connectivity index (χ3n) is 2.53. The molecule has 0 aromatic heterocycles. The summed E-state index contributed by atoms with van der Waals surface area (Å²) in [5.41, 5.74) is 0. The summed E-state index contributed by atoms with van der Waals surface area (Å²) in [5.74, 6) is 0. The molecule has 0 aromatic rings. The number of aliphatic hydroxyl groups excluding tert-OH is 1. The Morgan fingerprint density at radius 2 is 1.50 bits per heavy atom. The van der Waals surface area contributed by atoms with Gasteiger partial charge in [0, 0.05) is 7.11 Å². The van der Waals surface area contributed by atoms with Crippen molar-refractivity contribution in [3.63, 3.8) is 0 Å². The highest BCUT2D eigenvalue weighted by molar-refractivity contribution is 4.68. The van der Waals surface area contributed by atoms with E-state index in [2.05, 4.69) is 6.92 Å². The molecule has 86 valence electrons. The van der Waals surface area contributed by atoms with Gasteiger partial charge in [0.2, 0.25) is 0 Å². The van der Waals surface area contributed by atoms with E-state index in [0.29, 0.717) is 6.10 Å². The predicted octanol–water partition coefficient (Wildman–Crippen LogP) is 3.13. The first-order valence-corrected chi connectivity index (χ1v) is 6.00. The molecule has 0 aliphatic carbocycles. The van der Waals surface area contributed by atoms with Crippen molar-refractivity contribution in [3.8, 4) is 0 Å². The van der Waals surface area contributed by atoms with Crippen LogP contribution in [-0.2, 0) is 4.74 Å². The minimum atomic E-state index is 0.653. The average Bonchev–Trinajstić information content (AvgIpc) is 3.04. The molecule has 0 bridgehead atoms. The maximum atomic E-state index is 7.00. The van der Waals surface area contributed by atoms with E-state index in [4.69, 9.17) is 9.84 Å². The lowest BCUT2D eigenvalue weighted by atomic mass is 10.1. The third-order valence-corrected chi connectivity index (χ3v) is 2.53. The van der Waals surface area contributed by atoms with Crippen LogP contribution in [0.4, 0.5) is 0 Å². The van der Waals surface area contributed by atoms with Crippen molar-refractivity contribution in [2.45, 2.75) is 64.4 Å². The summed E-state index contributed by atoms with van der Waals surface area (Å²) in [6, 6.07) is 0. The SMILES string of the molecule is CCCCCCCCC[C@@H]1CO1.CO. The van der Waals surface area contributed by atoms with Gasteiger partial charge >= 0.3 is 0 Å². The second kappa shape index (κ2) is 11.0. The molecule has 2 heteroatoms. The van der Waals surface area contributed by atoms with Crippen molar-refractivity contribution in [1.82, 2.24) is 0 Å². The normalized spacial score (nSPS) is 18.6. The first-order valence-electron chi connectivity index (χ1n) is 6.00. The first kappa shape index (κ1) is 13.9. The van der Waals surface area contributed by atoms with Crippen LogP contribution in [0.15, 0.2) is 0 Å². The molecular formula is C12H26O2. The Hall–Kier alpha value is -0.0800. The Kier molecular flexibility index (Phi) is 10.9. The van der Waals surface area contributed by atoms with Crippen molar-refractivity contribution in [2.75, 3.05) is 13.7 Å². The number of ether oxygens (including phenoxy) is 1. The molecule has 0 amide bonds. The van der Waals surface area contributed by atoms with Crippen LogP contribution >= 0.6 is 0 Å². The van der Waals surface area contributed by atoms with Gasteiger partial charge in [0.1, 0.15) is 0 Å². The number of aliphatic hydroxyl groups is 1. The van der Waals surface area contributed by atoms with Crippen LogP contribution in [0.25, 0.3) is 0 Å². The van der Waals surface area contributed by atoms with Crippen LogP contribution in [-0.4, -0.2) is 24.9 Å². The topological polar surface area (TPSA) is 32.8 Å². The molecule has 1 heterocycles. The van der Waals surface area contributed by atoms with E-state index in [0.717, 1.165) is 13.7 Å². The highest BCUT2D eigenvalue weighted by Gasteiger charge is 2.20. The fraction of sp³-hybridized carbons (Fsp3) is 1.00. The lowest BCUT2D eigenvalue weighted by molar-refractivity contribution is 0.387. The number of rotatable bonds is 8. The number of hydrogen-bond donors (Lipinski definition) is 1. The van der Waals surface area contributed by atoms with E-state index in [1.165, 1.54) is 51.4 Å². The minimum Gasteiger partial charge on any atom is -0.400 e. The van der Waals surface area contributed by atoms with Crippen LogP contribution in [0, 0.1) is 0 Å². The monoisotopic (exact) mass is 202 g/mol. The Bertz CT molecular complexity index is 100. The van der Waals surface area contributed by atoms with Crippen molar-refractivity contribution in [1.29, 1.82) is 0 Å². The molecule has 1 fully saturated rings. The summed E-state index contributed by atoms with van der Waals surface area (Å²) < 4.78 is 5.15. The summed E-state index contributed by atoms with van der Waals surface area (Å²) >= 11 is 0. The maximum absolute atomic E-state index is 7.00. The van der Waals surface area contributed by atoms with Gasteiger partial charge in [0.05, 0.1) is 12.7 Å². The summed E-state index contributed by atoms with van der Waals surface area (Å²) in [4.78, 5) is 0. The zero-order valence-corrected chi connectivity index (χ0v) is 9.80. The molecule has 1 rings (SSSR count). The molecule has 1 N–H and O–H groups in total. The fourth-order valence-electron chi connectivity index (χ4n) is 1.56. The lowest BCUT2D eigenvalue weighted by Gasteiger charge is -1.98. The molecule has 2 nitrogen and oxygen atoms in total. The van der Waals surface area contributed by atoms with Gasteiger partial charge < -0.3 is 9.84 Å². The lowest BCUT2D eigenvalue weighted by Crippen LogP contribution is -1.85. The average molecular weight is 202 g/mol. The zero-order valence-electron chi connectivity index (χ0n) is 9.80. The summed E-state index contributed by atoms with van der Waals surface area (Å²) in [6.45, 7) is 3.31. The van der Waals surface area contributed by atoms with E-state index in [9.17, 15) is 0 Å². The highest BCUT2D eigenvalue weighted by atomic mass is 16.6. The molecule has 1 atom stereocenters. The van der Waals surface area contributed by atoms with Crippen LogP contribution < -0.4 is 0 Å². The van der Waals surface area contributed by atoms with Gasteiger partial charge in [-0.25, -0.2) is 0 Å². The molecule has 1 aliphatic rings. The number of hydrogen-bond acceptors (Lipinski definition) is 2. The zero-order chi connectivity index (χ0) is 10.6. The smallest absolute Gasteiger partial charge is 0.0810 e. The Labute approximate surface area is 88.7 Å². The summed E-state index contributed by atoms with van der Waals surface area (Å²) in [5, 5.41) is 7.00. The number of epoxide rings is 1. The molecule has 0 spiro atoms. The van der Waals surface area contributed by atoms with E-state index < -0.39 is 0 Å². The van der Waals surface area contributed by atoms with Crippen LogP contribution in [0.3, 0.4) is 0 Å². The third kappa shape index (κ3) is 10.0. The van der Waals surface area contributed by atoms with Crippen LogP contribution in [0.5, 0.6) is 0 Å². The van der Waals surface area contributed by atoms with Crippen LogP contribution in [0.2, 0.25) is 0 Å². The van der Waals surface area contributed by atoms with Gasteiger partial charge in [-0.1, -0.05) is 51.9 Å². The Morgan fingerprint density at radius 1 is 1.00 bits per heavy atom. The second-order valence-electron chi connectivity index (χ2n) is 3.87. The summed E-state index contributed by atoms with van der Waals surface area (Å²) in [6.07, 6.45) is 11.9. The van der Waals surface area contributed by atoms with E-state index >= 15 is 0 Å². The second-order valence-corrected chi connectivity index (χ2v) is 3.87. The molecule has 0 saturated carbocycles. The molecule has 0 aromatic carbocycles. The van der Waals surface area contributed by atoms with Gasteiger partial charge in [0.15, 0.2) is 0 Å². The predicted molar refractivity (Wildman–Crippen MR) is 60.5 cm³/mol. The first-order chi connectivity index (χ1) is 6.93. The van der Waals surface area contributed by atoms with Crippen molar-refractivity contribution in [3.05, 3.63) is 0 Å². The van der Waals surface area contributed by atoms with Crippen LogP contribution in [0.1, 0.15) is 58.3 Å². The minimum absolute atomic E-state index is 0.653. The molecule has 0 unspecified atom stereocenters. The van der Waals surface area contributed by atoms with Crippen molar-refractivity contribution >= 4 is 0 Å². The highest BCUT2D eigenvalue weighted by Crippen LogP contribution is 2.18. The maximum Gasteiger partial charge on any atom is 0.0810 e. The Balaban J connectivity index is 0.000000791.